The number of benzene rings is 2. The van der Waals surface area contributed by atoms with Gasteiger partial charge in [0.05, 0.1) is 7.11 Å². The molecular weight excluding hydrogens is 377 g/mol. The van der Waals surface area contributed by atoms with Crippen molar-refractivity contribution in [3.05, 3.63) is 81.8 Å². The van der Waals surface area contributed by atoms with Crippen LogP contribution in [0.1, 0.15) is 27.7 Å². The van der Waals surface area contributed by atoms with Crippen molar-refractivity contribution in [3.8, 4) is 11.5 Å². The minimum atomic E-state index is -0.359. The molecule has 0 aliphatic rings. The largest absolute Gasteiger partial charge is 0.493 e. The fourth-order valence-electron chi connectivity index (χ4n) is 2.80. The highest BCUT2D eigenvalue weighted by Crippen LogP contribution is 2.30. The van der Waals surface area contributed by atoms with Gasteiger partial charge in [-0.05, 0) is 60.3 Å². The minimum Gasteiger partial charge on any atom is -0.493 e. The van der Waals surface area contributed by atoms with Gasteiger partial charge in [0, 0.05) is 23.5 Å². The highest BCUT2D eigenvalue weighted by Gasteiger charge is 2.16. The molecule has 3 aromatic rings. The van der Waals surface area contributed by atoms with Crippen molar-refractivity contribution >= 4 is 17.2 Å². The minimum absolute atomic E-state index is 0.139. The van der Waals surface area contributed by atoms with Crippen LogP contribution >= 0.6 is 11.3 Å². The van der Waals surface area contributed by atoms with E-state index in [9.17, 15) is 9.18 Å². The van der Waals surface area contributed by atoms with Crippen LogP contribution in [0.25, 0.3) is 0 Å². The smallest absolute Gasteiger partial charge is 0.254 e. The molecule has 3 rings (SSSR count). The molecule has 0 atom stereocenters. The topological polar surface area (TPSA) is 38.8 Å². The van der Waals surface area contributed by atoms with Crippen molar-refractivity contribution in [2.45, 2.75) is 20.1 Å². The first-order chi connectivity index (χ1) is 13.6. The Balaban J connectivity index is 1.71. The van der Waals surface area contributed by atoms with Gasteiger partial charge in [-0.1, -0.05) is 12.1 Å². The lowest BCUT2D eigenvalue weighted by Gasteiger charge is -2.22. The van der Waals surface area contributed by atoms with Gasteiger partial charge in [-0.15, -0.1) is 11.3 Å². The van der Waals surface area contributed by atoms with Gasteiger partial charge in [0.2, 0.25) is 0 Å². The van der Waals surface area contributed by atoms with E-state index < -0.39 is 0 Å². The normalized spacial score (nSPS) is 10.5. The summed E-state index contributed by atoms with van der Waals surface area (Å²) in [6.45, 7) is 3.36. The molecule has 0 saturated carbocycles. The van der Waals surface area contributed by atoms with Crippen molar-refractivity contribution in [2.75, 3.05) is 13.7 Å². The van der Waals surface area contributed by atoms with E-state index >= 15 is 0 Å². The maximum atomic E-state index is 13.1. The highest BCUT2D eigenvalue weighted by molar-refractivity contribution is 7.09. The average Bonchev–Trinajstić information content (AvgIpc) is 3.24. The lowest BCUT2D eigenvalue weighted by Crippen LogP contribution is -2.30. The molecule has 0 saturated heterocycles. The van der Waals surface area contributed by atoms with Gasteiger partial charge >= 0.3 is 0 Å². The highest BCUT2D eigenvalue weighted by atomic mass is 32.1. The molecule has 0 aliphatic heterocycles. The Morgan fingerprint density at radius 1 is 1.11 bits per heavy atom. The van der Waals surface area contributed by atoms with Crippen LogP contribution in [0.3, 0.4) is 0 Å². The van der Waals surface area contributed by atoms with Crippen molar-refractivity contribution in [1.29, 1.82) is 0 Å². The number of nitrogens with zero attached hydrogens (tertiary/aromatic N) is 1. The molecule has 0 bridgehead atoms. The van der Waals surface area contributed by atoms with E-state index in [-0.39, 0.29) is 11.7 Å². The zero-order valence-electron chi connectivity index (χ0n) is 15.9. The van der Waals surface area contributed by atoms with Gasteiger partial charge in [-0.25, -0.2) is 4.39 Å². The molecule has 0 spiro atoms. The van der Waals surface area contributed by atoms with E-state index in [4.69, 9.17) is 9.47 Å². The fourth-order valence-corrected chi connectivity index (χ4v) is 3.41. The Hall–Kier alpha value is -2.86. The number of carbonyl (C=O) groups is 1. The molecule has 0 unspecified atom stereocenters. The van der Waals surface area contributed by atoms with Crippen molar-refractivity contribution in [3.63, 3.8) is 0 Å². The van der Waals surface area contributed by atoms with Crippen LogP contribution < -0.4 is 9.47 Å². The van der Waals surface area contributed by atoms with E-state index in [0.717, 1.165) is 10.4 Å². The second kappa shape index (κ2) is 9.37. The summed E-state index contributed by atoms with van der Waals surface area (Å²) in [5.74, 6) is 0.786. The van der Waals surface area contributed by atoms with Crippen LogP contribution in [0.15, 0.2) is 60.0 Å². The Labute approximate surface area is 168 Å². The van der Waals surface area contributed by atoms with E-state index in [1.54, 1.807) is 23.3 Å². The molecule has 4 nitrogen and oxygen atoms in total. The lowest BCUT2D eigenvalue weighted by atomic mass is 10.1. The predicted molar refractivity (Wildman–Crippen MR) is 108 cm³/mol. The molecule has 28 heavy (non-hydrogen) atoms. The quantitative estimate of drug-likeness (QED) is 0.527. The Morgan fingerprint density at radius 3 is 2.54 bits per heavy atom. The summed E-state index contributed by atoms with van der Waals surface area (Å²) in [5, 5.41) is 2.01. The summed E-state index contributed by atoms with van der Waals surface area (Å²) in [6.07, 6.45) is 0. The van der Waals surface area contributed by atoms with Gasteiger partial charge in [0.1, 0.15) is 12.4 Å². The number of hydrogen-bond acceptors (Lipinski definition) is 4. The predicted octanol–water partition coefficient (Wildman–Crippen LogP) is 5.14. The number of methoxy groups -OCH3 is 1. The molecule has 2 aromatic carbocycles. The lowest BCUT2D eigenvalue weighted by molar-refractivity contribution is 0.0752. The van der Waals surface area contributed by atoms with E-state index in [0.29, 0.717) is 36.8 Å². The molecule has 1 heterocycles. The molecule has 0 N–H and O–H groups in total. The van der Waals surface area contributed by atoms with Gasteiger partial charge in [0.15, 0.2) is 11.5 Å². The monoisotopic (exact) mass is 399 g/mol. The molecular formula is C22H22FNO3S. The van der Waals surface area contributed by atoms with Crippen LogP contribution in [0.2, 0.25) is 0 Å². The first-order valence-electron chi connectivity index (χ1n) is 8.97. The summed E-state index contributed by atoms with van der Waals surface area (Å²) in [6, 6.07) is 15.3. The van der Waals surface area contributed by atoms with Gasteiger partial charge in [-0.2, -0.15) is 0 Å². The SMILES string of the molecule is CCN(Cc1ccc(OCc2cccs2)c(OC)c1)C(=O)c1ccc(F)cc1. The summed E-state index contributed by atoms with van der Waals surface area (Å²) >= 11 is 1.64. The molecule has 0 fully saturated rings. The van der Waals surface area contributed by atoms with Gasteiger partial charge in [0.25, 0.3) is 5.91 Å². The van der Waals surface area contributed by atoms with Crippen molar-refractivity contribution in [2.24, 2.45) is 0 Å². The Bertz CT molecular complexity index is 910. The number of halogens is 1. The number of hydrogen-bond donors (Lipinski definition) is 0. The maximum Gasteiger partial charge on any atom is 0.254 e. The number of rotatable bonds is 8. The summed E-state index contributed by atoms with van der Waals surface area (Å²) in [5.41, 5.74) is 1.39. The fraction of sp³-hybridized carbons (Fsp3) is 0.227. The number of amides is 1. The molecule has 6 heteroatoms. The van der Waals surface area contributed by atoms with E-state index in [1.807, 2.05) is 42.6 Å². The summed E-state index contributed by atoms with van der Waals surface area (Å²) < 4.78 is 24.4. The third kappa shape index (κ3) is 4.89. The molecule has 1 amide bonds. The van der Waals surface area contributed by atoms with Crippen LogP contribution in [0, 0.1) is 5.82 Å². The van der Waals surface area contributed by atoms with Crippen LogP contribution in [0.5, 0.6) is 11.5 Å². The van der Waals surface area contributed by atoms with Crippen molar-refractivity contribution < 1.29 is 18.7 Å². The molecule has 1 aromatic heterocycles. The number of carbonyl (C=O) groups excluding carboxylic acids is 1. The zero-order valence-corrected chi connectivity index (χ0v) is 16.7. The van der Waals surface area contributed by atoms with Crippen LogP contribution in [-0.4, -0.2) is 24.5 Å². The van der Waals surface area contributed by atoms with Crippen LogP contribution in [0.4, 0.5) is 4.39 Å². The third-order valence-corrected chi connectivity index (χ3v) is 5.16. The van der Waals surface area contributed by atoms with Crippen LogP contribution in [-0.2, 0) is 13.2 Å². The van der Waals surface area contributed by atoms with Crippen molar-refractivity contribution in [1.82, 2.24) is 4.90 Å². The number of ether oxygens (including phenoxy) is 2. The summed E-state index contributed by atoms with van der Waals surface area (Å²) in [4.78, 5) is 15.5. The average molecular weight is 399 g/mol. The standard InChI is InChI=1S/C22H22FNO3S/c1-3-24(22(25)17-7-9-18(23)10-8-17)14-16-6-11-20(21(13-16)26-2)27-15-19-5-4-12-28-19/h4-13H,3,14-15H2,1-2H3. The maximum absolute atomic E-state index is 13.1. The first-order valence-corrected chi connectivity index (χ1v) is 9.85. The molecule has 0 aliphatic carbocycles. The summed E-state index contributed by atoms with van der Waals surface area (Å²) in [7, 11) is 1.60. The van der Waals surface area contributed by atoms with Gasteiger partial charge < -0.3 is 14.4 Å². The van der Waals surface area contributed by atoms with E-state index in [2.05, 4.69) is 0 Å². The Morgan fingerprint density at radius 2 is 1.89 bits per heavy atom. The molecule has 146 valence electrons. The second-order valence-electron chi connectivity index (χ2n) is 6.18. The molecule has 0 radical (unpaired) electrons. The third-order valence-electron chi connectivity index (χ3n) is 4.31. The first kappa shape index (κ1) is 19.9. The second-order valence-corrected chi connectivity index (χ2v) is 7.21. The zero-order chi connectivity index (χ0) is 19.9. The Kier molecular flexibility index (Phi) is 6.66. The van der Waals surface area contributed by atoms with E-state index in [1.165, 1.54) is 24.3 Å². The van der Waals surface area contributed by atoms with Gasteiger partial charge in [-0.3, -0.25) is 4.79 Å². The number of thiophene rings is 1.